The van der Waals surface area contributed by atoms with Gasteiger partial charge in [-0.3, -0.25) is 14.6 Å². The van der Waals surface area contributed by atoms with Crippen molar-refractivity contribution < 1.29 is 19.4 Å². The number of hydrogen-bond acceptors (Lipinski definition) is 6. The first kappa shape index (κ1) is 19.3. The average Bonchev–Trinajstić information content (AvgIpc) is 3.01. The summed E-state index contributed by atoms with van der Waals surface area (Å²) < 4.78 is 7.33. The van der Waals surface area contributed by atoms with Gasteiger partial charge in [-0.2, -0.15) is 5.10 Å². The monoisotopic (exact) mass is 383 g/mol. The molecule has 1 unspecified atom stereocenters. The van der Waals surface area contributed by atoms with Gasteiger partial charge in [0, 0.05) is 24.9 Å². The van der Waals surface area contributed by atoms with Gasteiger partial charge in [0.15, 0.2) is 0 Å². The first-order valence-electron chi connectivity index (χ1n) is 8.69. The second-order valence-electron chi connectivity index (χ2n) is 6.29. The van der Waals surface area contributed by atoms with Gasteiger partial charge in [0.05, 0.1) is 35.1 Å². The maximum Gasteiger partial charge on any atom is 0.255 e. The lowest BCUT2D eigenvalue weighted by Gasteiger charge is -2.14. The zero-order chi connectivity index (χ0) is 20.1. The number of carbonyl (C=O) groups is 2. The highest BCUT2D eigenvalue weighted by Crippen LogP contribution is 2.21. The van der Waals surface area contributed by atoms with Gasteiger partial charge in [-0.1, -0.05) is 6.07 Å². The molecule has 0 saturated carbocycles. The third-order valence-electron chi connectivity index (χ3n) is 4.12. The lowest BCUT2D eigenvalue weighted by Crippen LogP contribution is -2.40. The van der Waals surface area contributed by atoms with Crippen LogP contribution in [0.5, 0.6) is 5.75 Å². The van der Waals surface area contributed by atoms with E-state index in [4.69, 9.17) is 10.5 Å². The Balaban J connectivity index is 1.82. The topological polar surface area (TPSA) is 132 Å². The molecule has 0 saturated heterocycles. The molecule has 1 atom stereocenters. The number of rotatable bonds is 8. The van der Waals surface area contributed by atoms with Crippen molar-refractivity contribution in [2.75, 3.05) is 6.61 Å². The summed E-state index contributed by atoms with van der Waals surface area (Å²) in [5.41, 5.74) is 7.32. The third kappa shape index (κ3) is 4.44. The van der Waals surface area contributed by atoms with Gasteiger partial charge in [-0.05, 0) is 25.1 Å². The first-order valence-corrected chi connectivity index (χ1v) is 8.69. The molecule has 0 fully saturated rings. The van der Waals surface area contributed by atoms with E-state index in [1.165, 1.54) is 0 Å². The fourth-order valence-corrected chi connectivity index (χ4v) is 2.82. The summed E-state index contributed by atoms with van der Waals surface area (Å²) in [4.78, 5) is 28.0. The third-order valence-corrected chi connectivity index (χ3v) is 4.12. The molecular weight excluding hydrogens is 362 g/mol. The van der Waals surface area contributed by atoms with E-state index in [1.54, 1.807) is 36.0 Å². The number of carbonyl (C=O) groups excluding carboxylic acids is 2. The van der Waals surface area contributed by atoms with Crippen LogP contribution in [0.4, 0.5) is 0 Å². The van der Waals surface area contributed by atoms with Crippen molar-refractivity contribution in [2.45, 2.75) is 26.0 Å². The Labute approximate surface area is 161 Å². The maximum absolute atomic E-state index is 12.7. The van der Waals surface area contributed by atoms with E-state index in [0.717, 1.165) is 5.69 Å². The lowest BCUT2D eigenvalue weighted by molar-refractivity contribution is -0.118. The number of nitrogens with zero attached hydrogens (tertiary/aromatic N) is 3. The fraction of sp³-hybridized carbons (Fsp3) is 0.263. The Kier molecular flexibility index (Phi) is 5.85. The van der Waals surface area contributed by atoms with E-state index < -0.39 is 24.5 Å². The van der Waals surface area contributed by atoms with Crippen molar-refractivity contribution in [3.63, 3.8) is 0 Å². The molecule has 0 aliphatic heterocycles. The SMILES string of the molecule is Cc1nn2ccc(OCc3ccccn3)cc2c1C(=O)NC(CO)CC(N)=O. The smallest absolute Gasteiger partial charge is 0.255 e. The Morgan fingerprint density at radius 1 is 1.36 bits per heavy atom. The number of nitrogens with one attached hydrogen (secondary N) is 1. The molecule has 3 rings (SSSR count). The zero-order valence-corrected chi connectivity index (χ0v) is 15.3. The molecule has 3 heterocycles. The number of pyridine rings is 2. The van der Waals surface area contributed by atoms with Gasteiger partial charge in [-0.25, -0.2) is 4.52 Å². The molecule has 0 aliphatic rings. The summed E-state index contributed by atoms with van der Waals surface area (Å²) in [5, 5.41) is 16.3. The highest BCUT2D eigenvalue weighted by atomic mass is 16.5. The number of fused-ring (bicyclic) bond motifs is 1. The summed E-state index contributed by atoms with van der Waals surface area (Å²) >= 11 is 0. The number of aliphatic hydroxyl groups is 1. The van der Waals surface area contributed by atoms with Crippen LogP contribution in [-0.4, -0.2) is 44.2 Å². The normalized spacial score (nSPS) is 11.9. The van der Waals surface area contributed by atoms with E-state index in [1.807, 2.05) is 18.2 Å². The van der Waals surface area contributed by atoms with Crippen LogP contribution in [0, 0.1) is 6.92 Å². The number of aliphatic hydroxyl groups excluding tert-OH is 1. The molecule has 3 aromatic heterocycles. The molecule has 146 valence electrons. The molecule has 0 aliphatic carbocycles. The molecule has 0 spiro atoms. The number of aryl methyl sites for hydroxylation is 1. The van der Waals surface area contributed by atoms with Crippen LogP contribution in [0.2, 0.25) is 0 Å². The highest BCUT2D eigenvalue weighted by molar-refractivity contribution is 6.02. The molecule has 4 N–H and O–H groups in total. The molecule has 2 amide bonds. The number of aromatic nitrogens is 3. The molecule has 0 radical (unpaired) electrons. The Morgan fingerprint density at radius 3 is 2.86 bits per heavy atom. The summed E-state index contributed by atoms with van der Waals surface area (Å²) in [6, 6.07) is 8.25. The number of nitrogens with two attached hydrogens (primary N) is 1. The van der Waals surface area contributed by atoms with Gasteiger partial charge in [0.25, 0.3) is 5.91 Å². The first-order chi connectivity index (χ1) is 13.5. The number of primary amides is 1. The van der Waals surface area contributed by atoms with Crippen molar-refractivity contribution in [3.05, 3.63) is 59.7 Å². The summed E-state index contributed by atoms with van der Waals surface area (Å²) in [6.45, 7) is 1.60. The van der Waals surface area contributed by atoms with E-state index in [9.17, 15) is 14.7 Å². The van der Waals surface area contributed by atoms with Gasteiger partial charge in [-0.15, -0.1) is 0 Å². The molecule has 0 aromatic carbocycles. The molecule has 28 heavy (non-hydrogen) atoms. The van der Waals surface area contributed by atoms with Crippen molar-refractivity contribution >= 4 is 17.3 Å². The second kappa shape index (κ2) is 8.49. The quantitative estimate of drug-likeness (QED) is 0.521. The van der Waals surface area contributed by atoms with E-state index in [-0.39, 0.29) is 13.0 Å². The Hall–Kier alpha value is -3.46. The average molecular weight is 383 g/mol. The maximum atomic E-state index is 12.7. The van der Waals surface area contributed by atoms with E-state index in [0.29, 0.717) is 22.5 Å². The minimum atomic E-state index is -0.761. The summed E-state index contributed by atoms with van der Waals surface area (Å²) in [7, 11) is 0. The summed E-state index contributed by atoms with van der Waals surface area (Å²) in [6.07, 6.45) is 3.23. The number of ether oxygens (including phenoxy) is 1. The van der Waals surface area contributed by atoms with E-state index >= 15 is 0 Å². The van der Waals surface area contributed by atoms with Crippen LogP contribution in [0.3, 0.4) is 0 Å². The van der Waals surface area contributed by atoms with Gasteiger partial charge in [0.2, 0.25) is 5.91 Å². The predicted molar refractivity (Wildman–Crippen MR) is 101 cm³/mol. The van der Waals surface area contributed by atoms with Crippen molar-refractivity contribution in [2.24, 2.45) is 5.73 Å². The van der Waals surface area contributed by atoms with Crippen LogP contribution in [0.15, 0.2) is 42.7 Å². The molecule has 9 heteroatoms. The largest absolute Gasteiger partial charge is 0.487 e. The van der Waals surface area contributed by atoms with Crippen LogP contribution in [0.25, 0.3) is 5.52 Å². The standard InChI is InChI=1S/C19H21N5O4/c1-12-18(19(27)22-14(10-25)8-17(20)26)16-9-15(5-7-24(16)23-12)28-11-13-4-2-3-6-21-13/h2-7,9,14,25H,8,10-11H2,1H3,(H2,20,26)(H,22,27). The minimum Gasteiger partial charge on any atom is -0.487 e. The Morgan fingerprint density at radius 2 is 2.18 bits per heavy atom. The zero-order valence-electron chi connectivity index (χ0n) is 15.3. The summed E-state index contributed by atoms with van der Waals surface area (Å²) in [5.74, 6) is -0.501. The van der Waals surface area contributed by atoms with E-state index in [2.05, 4.69) is 15.4 Å². The molecule has 3 aromatic rings. The minimum absolute atomic E-state index is 0.154. The second-order valence-corrected chi connectivity index (χ2v) is 6.29. The van der Waals surface area contributed by atoms with Crippen LogP contribution in [0.1, 0.15) is 28.2 Å². The van der Waals surface area contributed by atoms with Crippen molar-refractivity contribution in [3.8, 4) is 5.75 Å². The van der Waals surface area contributed by atoms with Gasteiger partial charge >= 0.3 is 0 Å². The van der Waals surface area contributed by atoms with Crippen LogP contribution < -0.4 is 15.8 Å². The van der Waals surface area contributed by atoms with Gasteiger partial charge in [0.1, 0.15) is 12.4 Å². The van der Waals surface area contributed by atoms with Gasteiger partial charge < -0.3 is 20.9 Å². The Bertz CT molecular complexity index is 987. The highest BCUT2D eigenvalue weighted by Gasteiger charge is 2.21. The van der Waals surface area contributed by atoms with Crippen molar-refractivity contribution in [1.29, 1.82) is 0 Å². The van der Waals surface area contributed by atoms with Crippen molar-refractivity contribution in [1.82, 2.24) is 19.9 Å². The predicted octanol–water partition coefficient (Wildman–Crippen LogP) is 0.583. The molecular formula is C19H21N5O4. The molecule has 0 bridgehead atoms. The van der Waals surface area contributed by atoms with Crippen LogP contribution >= 0.6 is 0 Å². The number of hydrogen-bond donors (Lipinski definition) is 3. The fourth-order valence-electron chi connectivity index (χ4n) is 2.82. The lowest BCUT2D eigenvalue weighted by atomic mass is 10.1. The van der Waals surface area contributed by atoms with Crippen LogP contribution in [-0.2, 0) is 11.4 Å². The molecule has 9 nitrogen and oxygen atoms in total. The number of amides is 2.